The quantitative estimate of drug-likeness (QED) is 0.147. The summed E-state index contributed by atoms with van der Waals surface area (Å²) in [4.78, 5) is 2.85. The van der Waals surface area contributed by atoms with Gasteiger partial charge in [0.25, 0.3) is 0 Å². The molecule has 1 aliphatic heterocycles. The fourth-order valence-electron chi connectivity index (χ4n) is 7.40. The molecule has 0 bridgehead atoms. The van der Waals surface area contributed by atoms with Crippen molar-refractivity contribution >= 4 is 44.1 Å². The van der Waals surface area contributed by atoms with Crippen molar-refractivity contribution in [2.24, 2.45) is 23.3 Å². The van der Waals surface area contributed by atoms with Gasteiger partial charge in [-0.2, -0.15) is 0 Å². The summed E-state index contributed by atoms with van der Waals surface area (Å²) in [7, 11) is 2.24. The van der Waals surface area contributed by atoms with Crippen molar-refractivity contribution < 1.29 is 4.57 Å². The zero-order valence-corrected chi connectivity index (χ0v) is 29.4. The van der Waals surface area contributed by atoms with E-state index in [2.05, 4.69) is 136 Å². The fourth-order valence-corrected chi connectivity index (χ4v) is 8.77. The first-order valence-corrected chi connectivity index (χ1v) is 16.9. The van der Waals surface area contributed by atoms with E-state index in [9.17, 15) is 0 Å². The average molecular weight is 589 g/mol. The summed E-state index contributed by atoms with van der Waals surface area (Å²) in [5.74, 6) is 0. The molecule has 0 unspecified atom stereocenters. The van der Waals surface area contributed by atoms with Gasteiger partial charge in [0.2, 0.25) is 5.69 Å². The van der Waals surface area contributed by atoms with Crippen molar-refractivity contribution in [2.45, 2.75) is 105 Å². The second kappa shape index (κ2) is 10.1. The van der Waals surface area contributed by atoms with Crippen LogP contribution in [0.4, 0.5) is 0 Å². The number of rotatable bonds is 3. The zero-order chi connectivity index (χ0) is 31.2. The minimum atomic E-state index is 0.180. The molecule has 6 rings (SSSR count). The Kier molecular flexibility index (Phi) is 7.09. The highest BCUT2D eigenvalue weighted by Gasteiger charge is 2.34. The summed E-state index contributed by atoms with van der Waals surface area (Å²) < 4.78 is 2.39. The Balaban J connectivity index is 1.72. The summed E-state index contributed by atoms with van der Waals surface area (Å²) in [6, 6.07) is 16.9. The Morgan fingerprint density at radius 1 is 0.651 bits per heavy atom. The van der Waals surface area contributed by atoms with Gasteiger partial charge in [0.1, 0.15) is 7.05 Å². The van der Waals surface area contributed by atoms with Gasteiger partial charge in [-0.15, -0.1) is 0 Å². The molecule has 2 heteroatoms. The lowest BCUT2D eigenvalue weighted by atomic mass is 9.81. The van der Waals surface area contributed by atoms with E-state index in [1.165, 1.54) is 81.2 Å². The Labute approximate surface area is 264 Å². The van der Waals surface area contributed by atoms with Crippen LogP contribution in [-0.4, -0.2) is 0 Å². The van der Waals surface area contributed by atoms with Crippen LogP contribution >= 0.6 is 11.8 Å². The van der Waals surface area contributed by atoms with Crippen LogP contribution in [0.15, 0.2) is 58.5 Å². The second-order valence-corrected chi connectivity index (χ2v) is 17.9. The molecule has 2 heterocycles. The van der Waals surface area contributed by atoms with Crippen molar-refractivity contribution in [2.75, 3.05) is 0 Å². The third-order valence-electron chi connectivity index (χ3n) is 9.04. The van der Waals surface area contributed by atoms with Gasteiger partial charge < -0.3 is 0 Å². The number of aromatic nitrogens is 1. The molecule has 1 aliphatic rings. The Hall–Kier alpha value is -2.84. The van der Waals surface area contributed by atoms with E-state index in [4.69, 9.17) is 0 Å². The number of nitrogens with zero attached hydrogens (tertiary/aromatic N) is 1. The lowest BCUT2D eigenvalue weighted by Gasteiger charge is -2.29. The van der Waals surface area contributed by atoms with Crippen LogP contribution in [-0.2, 0) is 26.3 Å². The van der Waals surface area contributed by atoms with Crippen LogP contribution in [0, 0.1) is 30.1 Å². The minimum absolute atomic E-state index is 0.180. The van der Waals surface area contributed by atoms with Crippen LogP contribution in [0.5, 0.6) is 0 Å². The number of hydrogen-bond donors (Lipinski definition) is 0. The molecular formula is C41H50NS+. The van der Waals surface area contributed by atoms with Gasteiger partial charge in [-0.1, -0.05) is 104 Å². The van der Waals surface area contributed by atoms with E-state index in [0.717, 1.165) is 19.3 Å². The SMILES string of the molecule is Cc1c2c(c(CC(C)(C)C)c3ccc(CC(C)(C)C)cc13)Sc1cc3ccc(CC(C)(C)C)c(C)c3c3cc[n+](C)c-2c13. The van der Waals surface area contributed by atoms with E-state index in [0.29, 0.717) is 0 Å². The van der Waals surface area contributed by atoms with Crippen LogP contribution in [0.25, 0.3) is 43.6 Å². The maximum absolute atomic E-state index is 2.51. The largest absolute Gasteiger partial charge is 0.222 e. The first kappa shape index (κ1) is 30.2. The maximum Gasteiger partial charge on any atom is 0.222 e. The van der Waals surface area contributed by atoms with Gasteiger partial charge in [0, 0.05) is 21.2 Å². The molecular weight excluding hydrogens is 539 g/mol. The number of fused-ring (bicyclic) bond motifs is 5. The van der Waals surface area contributed by atoms with E-state index >= 15 is 0 Å². The van der Waals surface area contributed by atoms with Crippen molar-refractivity contribution in [1.82, 2.24) is 0 Å². The summed E-state index contributed by atoms with van der Waals surface area (Å²) >= 11 is 2.02. The van der Waals surface area contributed by atoms with Gasteiger partial charge in [-0.3, -0.25) is 0 Å². The van der Waals surface area contributed by atoms with Crippen molar-refractivity contribution in [1.29, 1.82) is 0 Å². The molecule has 0 radical (unpaired) electrons. The molecule has 43 heavy (non-hydrogen) atoms. The molecule has 5 aromatic rings. The van der Waals surface area contributed by atoms with Crippen molar-refractivity contribution in [3.63, 3.8) is 0 Å². The Bertz CT molecular complexity index is 1940. The Morgan fingerprint density at radius 2 is 1.33 bits per heavy atom. The summed E-state index contributed by atoms with van der Waals surface area (Å²) in [5, 5.41) is 8.44. The molecule has 1 nitrogen and oxygen atoms in total. The van der Waals surface area contributed by atoms with E-state index < -0.39 is 0 Å². The third kappa shape index (κ3) is 5.50. The zero-order valence-electron chi connectivity index (χ0n) is 28.6. The first-order chi connectivity index (χ1) is 19.9. The van der Waals surface area contributed by atoms with Gasteiger partial charge in [0.05, 0.1) is 10.9 Å². The number of hydrogen-bond acceptors (Lipinski definition) is 1. The average Bonchev–Trinajstić information content (AvgIpc) is 2.87. The lowest BCUT2D eigenvalue weighted by molar-refractivity contribution is -0.659. The van der Waals surface area contributed by atoms with Crippen LogP contribution in [0.3, 0.4) is 0 Å². The molecule has 0 aliphatic carbocycles. The van der Waals surface area contributed by atoms with Gasteiger partial charge >= 0.3 is 0 Å². The smallest absolute Gasteiger partial charge is 0.200 e. The molecule has 0 fully saturated rings. The normalized spacial score (nSPS) is 13.8. The second-order valence-electron chi connectivity index (χ2n) is 16.9. The highest BCUT2D eigenvalue weighted by molar-refractivity contribution is 8.00. The molecule has 0 saturated heterocycles. The monoisotopic (exact) mass is 588 g/mol. The predicted octanol–water partition coefficient (Wildman–Crippen LogP) is 11.5. The Morgan fingerprint density at radius 3 is 1.98 bits per heavy atom. The minimum Gasteiger partial charge on any atom is -0.200 e. The lowest BCUT2D eigenvalue weighted by Crippen LogP contribution is -2.32. The first-order valence-electron chi connectivity index (χ1n) is 16.1. The van der Waals surface area contributed by atoms with Crippen molar-refractivity contribution in [3.05, 3.63) is 76.5 Å². The highest BCUT2D eigenvalue weighted by Crippen LogP contribution is 2.54. The molecule has 0 amide bonds. The van der Waals surface area contributed by atoms with E-state index in [1.54, 1.807) is 0 Å². The predicted molar refractivity (Wildman–Crippen MR) is 189 cm³/mol. The number of benzene rings is 4. The van der Waals surface area contributed by atoms with Gasteiger partial charge in [0.15, 0.2) is 6.20 Å². The maximum atomic E-state index is 2.51. The topological polar surface area (TPSA) is 3.88 Å². The molecule has 4 aromatic carbocycles. The van der Waals surface area contributed by atoms with E-state index in [-0.39, 0.29) is 16.2 Å². The summed E-state index contributed by atoms with van der Waals surface area (Å²) in [5.41, 5.74) is 10.8. The highest BCUT2D eigenvalue weighted by atomic mass is 32.2. The molecule has 0 saturated carbocycles. The van der Waals surface area contributed by atoms with Gasteiger partial charge in [-0.05, 0) is 105 Å². The fraction of sp³-hybridized carbons (Fsp3) is 0.439. The van der Waals surface area contributed by atoms with Crippen LogP contribution in [0.2, 0.25) is 0 Å². The van der Waals surface area contributed by atoms with Gasteiger partial charge in [-0.25, -0.2) is 4.57 Å². The summed E-state index contributed by atoms with van der Waals surface area (Å²) in [6.07, 6.45) is 5.52. The number of aryl methyl sites for hydroxylation is 3. The molecule has 224 valence electrons. The number of pyridine rings is 1. The molecule has 0 N–H and O–H groups in total. The molecule has 1 aromatic heterocycles. The van der Waals surface area contributed by atoms with E-state index in [1.807, 2.05) is 11.8 Å². The molecule has 0 spiro atoms. The standard InChI is InChI=1S/C41H50NS/c1-24-28(22-40(6,7)8)15-14-27-20-33-36-30(34(24)27)17-18-42(12)37(36)35-25(2)31-19-26(21-39(3,4)5)13-16-29(31)32(38(35)43-33)23-41(9,10)11/h13-20H,21-23H2,1-12H3/q+1. The van der Waals surface area contributed by atoms with Crippen molar-refractivity contribution in [3.8, 4) is 11.3 Å². The van der Waals surface area contributed by atoms with Crippen LogP contribution < -0.4 is 4.57 Å². The van der Waals surface area contributed by atoms with Crippen LogP contribution in [0.1, 0.15) is 90.1 Å². The summed E-state index contributed by atoms with van der Waals surface area (Å²) in [6.45, 7) is 25.9. The molecule has 0 atom stereocenters. The third-order valence-corrected chi connectivity index (χ3v) is 10.2.